The van der Waals surface area contributed by atoms with Gasteiger partial charge in [-0.1, -0.05) is 19.9 Å². The highest BCUT2D eigenvalue weighted by Crippen LogP contribution is 2.25. The Morgan fingerprint density at radius 1 is 1.38 bits per heavy atom. The third-order valence-electron chi connectivity index (χ3n) is 2.94. The first-order valence-electron chi connectivity index (χ1n) is 6.32. The molecule has 5 nitrogen and oxygen atoms in total. The van der Waals surface area contributed by atoms with Gasteiger partial charge in [0.25, 0.3) is 10.0 Å². The number of nitrogens with zero attached hydrogens (tertiary/aromatic N) is 2. The van der Waals surface area contributed by atoms with E-state index in [1.54, 1.807) is 19.1 Å². The molecule has 0 aliphatic rings. The van der Waals surface area contributed by atoms with Crippen LogP contribution in [0, 0.1) is 18.3 Å². The second kappa shape index (κ2) is 5.84. The van der Waals surface area contributed by atoms with Crippen molar-refractivity contribution in [1.82, 2.24) is 4.98 Å². The number of aryl methyl sites for hydroxylation is 1. The van der Waals surface area contributed by atoms with Crippen molar-refractivity contribution in [1.29, 1.82) is 5.26 Å². The molecule has 1 heterocycles. The summed E-state index contributed by atoms with van der Waals surface area (Å²) in [6, 6.07) is 6.53. The van der Waals surface area contributed by atoms with Crippen LogP contribution in [0.2, 0.25) is 0 Å². The first-order chi connectivity index (χ1) is 9.83. The Hall–Kier alpha value is -1.91. The van der Waals surface area contributed by atoms with Gasteiger partial charge in [-0.05, 0) is 30.5 Å². The first-order valence-corrected chi connectivity index (χ1v) is 8.69. The molecule has 0 atom stereocenters. The molecule has 2 aromatic rings. The van der Waals surface area contributed by atoms with Crippen LogP contribution in [0.25, 0.3) is 0 Å². The minimum Gasteiger partial charge on any atom is -0.255 e. The molecule has 0 aliphatic heterocycles. The Balaban J connectivity index is 2.36. The molecule has 0 radical (unpaired) electrons. The summed E-state index contributed by atoms with van der Waals surface area (Å²) in [6.07, 6.45) is 0. The minimum absolute atomic E-state index is 0.0999. The van der Waals surface area contributed by atoms with E-state index in [2.05, 4.69) is 9.71 Å². The SMILES string of the molecule is Cc1ccc(C#N)cc1S(=O)(=O)Nc1nc(C(C)C)cs1. The molecule has 21 heavy (non-hydrogen) atoms. The van der Waals surface area contributed by atoms with Gasteiger partial charge in [0.2, 0.25) is 0 Å². The molecule has 110 valence electrons. The number of hydrogen-bond acceptors (Lipinski definition) is 5. The van der Waals surface area contributed by atoms with Crippen LogP contribution in [0.4, 0.5) is 5.13 Å². The number of benzene rings is 1. The molecule has 0 saturated heterocycles. The van der Waals surface area contributed by atoms with Crippen LogP contribution in [-0.2, 0) is 10.0 Å². The number of sulfonamides is 1. The van der Waals surface area contributed by atoms with Crippen molar-refractivity contribution in [3.63, 3.8) is 0 Å². The fourth-order valence-corrected chi connectivity index (χ4v) is 4.12. The van der Waals surface area contributed by atoms with E-state index in [9.17, 15) is 8.42 Å². The van der Waals surface area contributed by atoms with Crippen molar-refractivity contribution in [2.45, 2.75) is 31.6 Å². The number of nitrogens with one attached hydrogen (secondary N) is 1. The molecule has 0 aliphatic carbocycles. The monoisotopic (exact) mass is 321 g/mol. The fraction of sp³-hybridized carbons (Fsp3) is 0.286. The van der Waals surface area contributed by atoms with Crippen LogP contribution in [-0.4, -0.2) is 13.4 Å². The van der Waals surface area contributed by atoms with E-state index in [0.29, 0.717) is 16.3 Å². The average Bonchev–Trinajstić information content (AvgIpc) is 2.87. The van der Waals surface area contributed by atoms with Crippen LogP contribution < -0.4 is 4.72 Å². The van der Waals surface area contributed by atoms with Gasteiger partial charge in [-0.2, -0.15) is 5.26 Å². The van der Waals surface area contributed by atoms with E-state index in [-0.39, 0.29) is 10.8 Å². The second-order valence-electron chi connectivity index (χ2n) is 4.93. The normalized spacial score (nSPS) is 11.4. The summed E-state index contributed by atoms with van der Waals surface area (Å²) in [5.74, 6) is 0.239. The molecule has 0 fully saturated rings. The lowest BCUT2D eigenvalue weighted by Crippen LogP contribution is -2.14. The second-order valence-corrected chi connectivity index (χ2v) is 7.44. The lowest BCUT2D eigenvalue weighted by Gasteiger charge is -2.08. The van der Waals surface area contributed by atoms with E-state index < -0.39 is 10.0 Å². The molecule has 1 N–H and O–H groups in total. The van der Waals surface area contributed by atoms with Gasteiger partial charge in [0.15, 0.2) is 5.13 Å². The summed E-state index contributed by atoms with van der Waals surface area (Å²) in [4.78, 5) is 4.36. The molecule has 0 unspecified atom stereocenters. The molecule has 1 aromatic heterocycles. The van der Waals surface area contributed by atoms with Gasteiger partial charge in [0.05, 0.1) is 22.2 Å². The average molecular weight is 321 g/mol. The Morgan fingerprint density at radius 3 is 2.67 bits per heavy atom. The van der Waals surface area contributed by atoms with Gasteiger partial charge in [-0.3, -0.25) is 4.72 Å². The zero-order chi connectivity index (χ0) is 15.6. The maximum Gasteiger partial charge on any atom is 0.263 e. The van der Waals surface area contributed by atoms with E-state index in [1.165, 1.54) is 17.4 Å². The topological polar surface area (TPSA) is 82.8 Å². The van der Waals surface area contributed by atoms with Crippen molar-refractivity contribution in [3.8, 4) is 6.07 Å². The predicted molar refractivity (Wildman–Crippen MR) is 82.9 cm³/mol. The fourth-order valence-electron chi connectivity index (χ4n) is 1.73. The van der Waals surface area contributed by atoms with Crippen LogP contribution in [0.3, 0.4) is 0 Å². The summed E-state index contributed by atoms with van der Waals surface area (Å²) in [6.45, 7) is 5.68. The number of rotatable bonds is 4. The molecule has 1 aromatic carbocycles. The van der Waals surface area contributed by atoms with Gasteiger partial charge < -0.3 is 0 Å². The van der Waals surface area contributed by atoms with Crippen molar-refractivity contribution in [2.24, 2.45) is 0 Å². The molecular formula is C14H15N3O2S2. The van der Waals surface area contributed by atoms with Crippen LogP contribution >= 0.6 is 11.3 Å². The zero-order valence-electron chi connectivity index (χ0n) is 11.9. The summed E-state index contributed by atoms with van der Waals surface area (Å²) in [5.41, 5.74) is 1.74. The molecule has 0 saturated carbocycles. The van der Waals surface area contributed by atoms with Crippen LogP contribution in [0.15, 0.2) is 28.5 Å². The number of hydrogen-bond donors (Lipinski definition) is 1. The highest BCUT2D eigenvalue weighted by Gasteiger charge is 2.19. The molecule has 7 heteroatoms. The Morgan fingerprint density at radius 2 is 2.10 bits per heavy atom. The third-order valence-corrected chi connectivity index (χ3v) is 5.33. The standard InChI is InChI=1S/C14H15N3O2S2/c1-9(2)12-8-20-14(16-12)17-21(18,19)13-6-11(7-15)5-4-10(13)3/h4-6,8-9H,1-3H3,(H,16,17). The number of thiazole rings is 1. The third kappa shape index (κ3) is 3.40. The summed E-state index contributed by atoms with van der Waals surface area (Å²) >= 11 is 1.25. The highest BCUT2D eigenvalue weighted by molar-refractivity contribution is 7.93. The highest BCUT2D eigenvalue weighted by atomic mass is 32.2. The maximum atomic E-state index is 12.4. The summed E-state index contributed by atoms with van der Waals surface area (Å²) in [7, 11) is -3.74. The summed E-state index contributed by atoms with van der Waals surface area (Å²) < 4.78 is 27.3. The Labute approximate surface area is 128 Å². The van der Waals surface area contributed by atoms with Crippen molar-refractivity contribution < 1.29 is 8.42 Å². The van der Waals surface area contributed by atoms with Gasteiger partial charge in [0, 0.05) is 5.38 Å². The molecule has 0 bridgehead atoms. The molecule has 2 rings (SSSR count). The zero-order valence-corrected chi connectivity index (χ0v) is 13.5. The van der Waals surface area contributed by atoms with Crippen molar-refractivity contribution in [3.05, 3.63) is 40.4 Å². The quantitative estimate of drug-likeness (QED) is 0.937. The first kappa shape index (κ1) is 15.5. The van der Waals surface area contributed by atoms with Gasteiger partial charge >= 0.3 is 0 Å². The number of nitriles is 1. The van der Waals surface area contributed by atoms with E-state index >= 15 is 0 Å². The van der Waals surface area contributed by atoms with Crippen molar-refractivity contribution >= 4 is 26.5 Å². The minimum atomic E-state index is -3.74. The van der Waals surface area contributed by atoms with Crippen LogP contribution in [0.1, 0.15) is 36.6 Å². The Bertz CT molecular complexity index is 802. The number of aromatic nitrogens is 1. The van der Waals surface area contributed by atoms with Crippen LogP contribution in [0.5, 0.6) is 0 Å². The molecule has 0 spiro atoms. The van der Waals surface area contributed by atoms with E-state index in [0.717, 1.165) is 5.69 Å². The van der Waals surface area contributed by atoms with E-state index in [4.69, 9.17) is 5.26 Å². The van der Waals surface area contributed by atoms with Gasteiger partial charge in [-0.15, -0.1) is 11.3 Å². The largest absolute Gasteiger partial charge is 0.263 e. The number of anilines is 1. The lowest BCUT2D eigenvalue weighted by molar-refractivity contribution is 0.600. The van der Waals surface area contributed by atoms with Gasteiger partial charge in [0.1, 0.15) is 0 Å². The maximum absolute atomic E-state index is 12.4. The van der Waals surface area contributed by atoms with Gasteiger partial charge in [-0.25, -0.2) is 13.4 Å². The summed E-state index contributed by atoms with van der Waals surface area (Å²) in [5, 5.41) is 11.1. The Kier molecular flexibility index (Phi) is 4.30. The molecule has 0 amide bonds. The molecular weight excluding hydrogens is 306 g/mol. The van der Waals surface area contributed by atoms with Crippen molar-refractivity contribution in [2.75, 3.05) is 4.72 Å². The predicted octanol–water partition coefficient (Wildman–Crippen LogP) is 3.25. The lowest BCUT2D eigenvalue weighted by atomic mass is 10.2. The smallest absolute Gasteiger partial charge is 0.255 e. The van der Waals surface area contributed by atoms with E-state index in [1.807, 2.05) is 25.3 Å².